The summed E-state index contributed by atoms with van der Waals surface area (Å²) in [5, 5.41) is 3.45. The van der Waals surface area contributed by atoms with Gasteiger partial charge < -0.3 is 10.2 Å². The molecule has 0 heterocycles. The van der Waals surface area contributed by atoms with Crippen molar-refractivity contribution < 1.29 is 0 Å². The van der Waals surface area contributed by atoms with Gasteiger partial charge in [-0.1, -0.05) is 38.5 Å². The minimum Gasteiger partial charge on any atom is -0.385 e. The van der Waals surface area contributed by atoms with Gasteiger partial charge in [0.1, 0.15) is 0 Å². The Kier molecular flexibility index (Phi) is 7.48. The van der Waals surface area contributed by atoms with Crippen LogP contribution in [0.1, 0.15) is 33.1 Å². The molecular weight excluding hydrogens is 208 g/mol. The summed E-state index contributed by atoms with van der Waals surface area (Å²) in [7, 11) is 0. The van der Waals surface area contributed by atoms with Crippen LogP contribution in [0, 0.1) is 0 Å². The highest BCUT2D eigenvalue weighted by Crippen LogP contribution is 2.05. The number of nitrogens with one attached hydrogen (secondary N) is 1. The van der Waals surface area contributed by atoms with Crippen molar-refractivity contribution in [3.8, 4) is 0 Å². The van der Waals surface area contributed by atoms with Gasteiger partial charge in [-0.2, -0.15) is 0 Å². The predicted molar refractivity (Wildman–Crippen MR) is 76.6 cm³/mol. The Morgan fingerprint density at radius 2 is 1.71 bits per heavy atom. The van der Waals surface area contributed by atoms with Gasteiger partial charge >= 0.3 is 0 Å². The van der Waals surface area contributed by atoms with E-state index in [2.05, 4.69) is 54.4 Å². The molecule has 0 bridgehead atoms. The summed E-state index contributed by atoms with van der Waals surface area (Å²) < 4.78 is 0. The Morgan fingerprint density at radius 3 is 2.35 bits per heavy atom. The van der Waals surface area contributed by atoms with Crippen molar-refractivity contribution >= 4 is 5.69 Å². The zero-order valence-corrected chi connectivity index (χ0v) is 11.3. The van der Waals surface area contributed by atoms with E-state index < -0.39 is 0 Å². The van der Waals surface area contributed by atoms with Crippen molar-refractivity contribution in [2.45, 2.75) is 33.1 Å². The third-order valence-electron chi connectivity index (χ3n) is 3.03. The maximum atomic E-state index is 3.45. The summed E-state index contributed by atoms with van der Waals surface area (Å²) in [6.45, 7) is 9.19. The highest BCUT2D eigenvalue weighted by Gasteiger charge is 2.00. The van der Waals surface area contributed by atoms with E-state index in [1.54, 1.807) is 0 Å². The molecule has 0 unspecified atom stereocenters. The van der Waals surface area contributed by atoms with E-state index in [9.17, 15) is 0 Å². The molecular formula is C15H26N2. The first-order valence-corrected chi connectivity index (χ1v) is 6.88. The second-order valence-corrected chi connectivity index (χ2v) is 4.43. The van der Waals surface area contributed by atoms with Crippen molar-refractivity contribution in [3.05, 3.63) is 30.3 Å². The van der Waals surface area contributed by atoms with Crippen molar-refractivity contribution in [2.75, 3.05) is 31.5 Å². The van der Waals surface area contributed by atoms with E-state index in [-0.39, 0.29) is 0 Å². The third-order valence-corrected chi connectivity index (χ3v) is 3.03. The number of anilines is 1. The molecule has 2 heteroatoms. The molecule has 0 aliphatic carbocycles. The summed E-state index contributed by atoms with van der Waals surface area (Å²) in [6, 6.07) is 10.4. The maximum absolute atomic E-state index is 3.45. The molecule has 0 saturated carbocycles. The Balaban J connectivity index is 2.10. The number of hydrogen-bond acceptors (Lipinski definition) is 2. The Morgan fingerprint density at radius 1 is 1.00 bits per heavy atom. The molecule has 1 aromatic carbocycles. The Labute approximate surface area is 106 Å². The smallest absolute Gasteiger partial charge is 0.0340 e. The molecule has 96 valence electrons. The molecule has 2 nitrogen and oxygen atoms in total. The van der Waals surface area contributed by atoms with Crippen LogP contribution in [0.4, 0.5) is 5.69 Å². The van der Waals surface area contributed by atoms with Crippen LogP contribution in [0.15, 0.2) is 30.3 Å². The van der Waals surface area contributed by atoms with E-state index >= 15 is 0 Å². The molecule has 0 spiro atoms. The van der Waals surface area contributed by atoms with Gasteiger partial charge in [-0.25, -0.2) is 0 Å². The Bertz CT molecular complexity index is 272. The fraction of sp³-hybridized carbons (Fsp3) is 0.600. The summed E-state index contributed by atoms with van der Waals surface area (Å²) in [5.41, 5.74) is 1.23. The number of rotatable bonds is 9. The largest absolute Gasteiger partial charge is 0.385 e. The highest BCUT2D eigenvalue weighted by atomic mass is 15.1. The number of unbranched alkanes of at least 4 members (excludes halogenated alkanes) is 1. The van der Waals surface area contributed by atoms with E-state index in [1.165, 1.54) is 44.6 Å². The molecule has 0 amide bonds. The first-order chi connectivity index (χ1) is 8.36. The average Bonchev–Trinajstić information content (AvgIpc) is 2.39. The van der Waals surface area contributed by atoms with Crippen LogP contribution in [0.5, 0.6) is 0 Å². The quantitative estimate of drug-likeness (QED) is 0.657. The number of nitrogens with zero attached hydrogens (tertiary/aromatic N) is 1. The van der Waals surface area contributed by atoms with E-state index in [1.807, 2.05) is 0 Å². The molecule has 0 aliphatic heterocycles. The molecule has 0 atom stereocenters. The molecule has 0 saturated heterocycles. The topological polar surface area (TPSA) is 15.3 Å². The molecule has 1 aromatic rings. The average molecular weight is 234 g/mol. The van der Waals surface area contributed by atoms with Gasteiger partial charge in [0, 0.05) is 12.2 Å². The van der Waals surface area contributed by atoms with Gasteiger partial charge in [-0.15, -0.1) is 0 Å². The van der Waals surface area contributed by atoms with Gasteiger partial charge in [0.2, 0.25) is 0 Å². The lowest BCUT2D eigenvalue weighted by molar-refractivity contribution is 0.282. The molecule has 1 N–H and O–H groups in total. The zero-order valence-electron chi connectivity index (χ0n) is 11.3. The van der Waals surface area contributed by atoms with E-state index in [4.69, 9.17) is 0 Å². The number of benzene rings is 1. The Hall–Kier alpha value is -1.02. The lowest BCUT2D eigenvalue weighted by atomic mass is 10.3. The van der Waals surface area contributed by atoms with Gasteiger partial charge in [0.05, 0.1) is 0 Å². The van der Waals surface area contributed by atoms with Crippen LogP contribution in [0.2, 0.25) is 0 Å². The van der Waals surface area contributed by atoms with Crippen LogP contribution in [-0.2, 0) is 0 Å². The van der Waals surface area contributed by atoms with Gasteiger partial charge in [0.25, 0.3) is 0 Å². The fourth-order valence-corrected chi connectivity index (χ4v) is 1.90. The lowest BCUT2D eigenvalue weighted by Crippen LogP contribution is -2.27. The van der Waals surface area contributed by atoms with Crippen LogP contribution in [-0.4, -0.2) is 31.1 Å². The van der Waals surface area contributed by atoms with E-state index in [0.717, 1.165) is 6.54 Å². The van der Waals surface area contributed by atoms with Crippen LogP contribution in [0.25, 0.3) is 0 Å². The first-order valence-electron chi connectivity index (χ1n) is 6.88. The number of hydrogen-bond donors (Lipinski definition) is 1. The van der Waals surface area contributed by atoms with Gasteiger partial charge in [-0.05, 0) is 44.6 Å². The van der Waals surface area contributed by atoms with Crippen LogP contribution < -0.4 is 5.32 Å². The lowest BCUT2D eigenvalue weighted by Gasteiger charge is -2.20. The van der Waals surface area contributed by atoms with Crippen LogP contribution >= 0.6 is 0 Å². The normalized spacial score (nSPS) is 10.8. The van der Waals surface area contributed by atoms with Crippen molar-refractivity contribution in [1.29, 1.82) is 0 Å². The highest BCUT2D eigenvalue weighted by molar-refractivity contribution is 5.42. The zero-order chi connectivity index (χ0) is 12.3. The SMILES string of the molecule is CCCCN(CC)CCCNc1ccccc1. The third kappa shape index (κ3) is 6.32. The summed E-state index contributed by atoms with van der Waals surface area (Å²) in [4.78, 5) is 2.54. The molecule has 17 heavy (non-hydrogen) atoms. The van der Waals surface area contributed by atoms with Gasteiger partial charge in [0.15, 0.2) is 0 Å². The minimum atomic E-state index is 1.06. The van der Waals surface area contributed by atoms with Crippen molar-refractivity contribution in [1.82, 2.24) is 4.90 Å². The second-order valence-electron chi connectivity index (χ2n) is 4.43. The van der Waals surface area contributed by atoms with Crippen molar-refractivity contribution in [2.24, 2.45) is 0 Å². The van der Waals surface area contributed by atoms with Gasteiger partial charge in [-0.3, -0.25) is 0 Å². The summed E-state index contributed by atoms with van der Waals surface area (Å²) >= 11 is 0. The monoisotopic (exact) mass is 234 g/mol. The molecule has 0 aliphatic rings. The fourth-order valence-electron chi connectivity index (χ4n) is 1.90. The standard InChI is InChI=1S/C15H26N2/c1-3-5-13-17(4-2)14-9-12-16-15-10-7-6-8-11-15/h6-8,10-11,16H,3-5,9,12-14H2,1-2H3. The first kappa shape index (κ1) is 14.0. The summed E-state index contributed by atoms with van der Waals surface area (Å²) in [6.07, 6.45) is 3.82. The molecule has 0 fully saturated rings. The predicted octanol–water partition coefficient (Wildman–Crippen LogP) is 3.61. The molecule has 0 radical (unpaired) electrons. The molecule has 1 rings (SSSR count). The summed E-state index contributed by atoms with van der Waals surface area (Å²) in [5.74, 6) is 0. The number of para-hydroxylation sites is 1. The van der Waals surface area contributed by atoms with Crippen molar-refractivity contribution in [3.63, 3.8) is 0 Å². The molecule has 0 aromatic heterocycles. The minimum absolute atomic E-state index is 1.06. The van der Waals surface area contributed by atoms with Crippen LogP contribution in [0.3, 0.4) is 0 Å². The van der Waals surface area contributed by atoms with E-state index in [0.29, 0.717) is 0 Å². The maximum Gasteiger partial charge on any atom is 0.0340 e. The second kappa shape index (κ2) is 9.06.